The van der Waals surface area contributed by atoms with E-state index in [1.54, 1.807) is 29.1 Å². The fourth-order valence-electron chi connectivity index (χ4n) is 3.06. The lowest BCUT2D eigenvalue weighted by Gasteiger charge is -2.30. The smallest absolute Gasteiger partial charge is 0.261 e. The van der Waals surface area contributed by atoms with Crippen LogP contribution in [0, 0.1) is 12.7 Å². The summed E-state index contributed by atoms with van der Waals surface area (Å²) in [5.74, 6) is 0.707. The lowest BCUT2D eigenvalue weighted by atomic mass is 10.2. The standard InChI is InChI=1S/C17H19FN6O.ClH/c1-11-12(9-20-24(11)14-6-4-3-5-13(14)18)17-21-16(22-25-17)15-10-19-7-8-23(15)2;/h3-6,9,15,19H,7-8,10H2,1-2H3;1H. The molecule has 4 rings (SSSR count). The summed E-state index contributed by atoms with van der Waals surface area (Å²) in [6, 6.07) is 6.59. The van der Waals surface area contributed by atoms with Gasteiger partial charge in [-0.15, -0.1) is 12.4 Å². The highest BCUT2D eigenvalue weighted by molar-refractivity contribution is 5.85. The van der Waals surface area contributed by atoms with Gasteiger partial charge in [-0.1, -0.05) is 17.3 Å². The van der Waals surface area contributed by atoms with Crippen LogP contribution in [0.5, 0.6) is 0 Å². The molecule has 3 aromatic rings. The van der Waals surface area contributed by atoms with Crippen molar-refractivity contribution in [3.05, 3.63) is 47.8 Å². The van der Waals surface area contributed by atoms with Crippen LogP contribution in [0.2, 0.25) is 0 Å². The molecule has 0 saturated carbocycles. The van der Waals surface area contributed by atoms with Crippen LogP contribution in [0.15, 0.2) is 35.0 Å². The van der Waals surface area contributed by atoms with Gasteiger partial charge in [-0.05, 0) is 26.1 Å². The molecule has 1 saturated heterocycles. The molecule has 0 aliphatic carbocycles. The largest absolute Gasteiger partial charge is 0.334 e. The molecule has 3 heterocycles. The van der Waals surface area contributed by atoms with E-state index >= 15 is 0 Å². The van der Waals surface area contributed by atoms with Gasteiger partial charge in [0, 0.05) is 19.6 Å². The predicted octanol–water partition coefficient (Wildman–Crippen LogP) is 2.37. The van der Waals surface area contributed by atoms with Gasteiger partial charge in [0.05, 0.1) is 23.5 Å². The third kappa shape index (κ3) is 3.23. The molecule has 9 heteroatoms. The highest BCUT2D eigenvalue weighted by Crippen LogP contribution is 2.26. The Morgan fingerprint density at radius 1 is 1.31 bits per heavy atom. The fourth-order valence-corrected chi connectivity index (χ4v) is 3.06. The van der Waals surface area contributed by atoms with Crippen molar-refractivity contribution in [1.29, 1.82) is 0 Å². The fraction of sp³-hybridized carbons (Fsp3) is 0.353. The SMILES string of the molecule is Cc1c(-c2nc(C3CNCCN3C)no2)cnn1-c1ccccc1F.Cl. The molecule has 1 aromatic carbocycles. The van der Waals surface area contributed by atoms with E-state index in [-0.39, 0.29) is 24.3 Å². The minimum atomic E-state index is -0.332. The second-order valence-corrected chi connectivity index (χ2v) is 6.17. The van der Waals surface area contributed by atoms with Crippen LogP contribution in [-0.4, -0.2) is 51.5 Å². The van der Waals surface area contributed by atoms with Gasteiger partial charge in [-0.25, -0.2) is 9.07 Å². The Balaban J connectivity index is 0.00000196. The topological polar surface area (TPSA) is 72.0 Å². The predicted molar refractivity (Wildman–Crippen MR) is 97.0 cm³/mol. The maximum Gasteiger partial charge on any atom is 0.261 e. The van der Waals surface area contributed by atoms with Crippen molar-refractivity contribution in [3.63, 3.8) is 0 Å². The van der Waals surface area contributed by atoms with Gasteiger partial charge in [0.15, 0.2) is 5.82 Å². The molecule has 26 heavy (non-hydrogen) atoms. The molecule has 1 N–H and O–H groups in total. The van der Waals surface area contributed by atoms with E-state index in [2.05, 4.69) is 25.5 Å². The summed E-state index contributed by atoms with van der Waals surface area (Å²) in [6.07, 6.45) is 1.63. The molecular weight excluding hydrogens is 359 g/mol. The first-order chi connectivity index (χ1) is 12.1. The number of benzene rings is 1. The van der Waals surface area contributed by atoms with Crippen molar-refractivity contribution in [2.75, 3.05) is 26.7 Å². The van der Waals surface area contributed by atoms with Gasteiger partial charge in [-0.2, -0.15) is 10.1 Å². The second-order valence-electron chi connectivity index (χ2n) is 6.17. The van der Waals surface area contributed by atoms with Gasteiger partial charge in [0.25, 0.3) is 5.89 Å². The highest BCUT2D eigenvalue weighted by Gasteiger charge is 2.26. The summed E-state index contributed by atoms with van der Waals surface area (Å²) in [5, 5.41) is 11.7. The zero-order valence-electron chi connectivity index (χ0n) is 14.5. The third-order valence-electron chi connectivity index (χ3n) is 4.57. The van der Waals surface area contributed by atoms with Crippen LogP contribution in [-0.2, 0) is 0 Å². The zero-order valence-corrected chi connectivity index (χ0v) is 15.3. The van der Waals surface area contributed by atoms with E-state index in [4.69, 9.17) is 4.52 Å². The number of nitrogens with zero attached hydrogens (tertiary/aromatic N) is 5. The lowest BCUT2D eigenvalue weighted by molar-refractivity contribution is 0.190. The molecule has 0 bridgehead atoms. The maximum absolute atomic E-state index is 14.0. The molecular formula is C17H20ClFN6O. The van der Waals surface area contributed by atoms with Gasteiger partial charge in [0.1, 0.15) is 11.5 Å². The van der Waals surface area contributed by atoms with E-state index in [1.165, 1.54) is 6.07 Å². The monoisotopic (exact) mass is 378 g/mol. The number of hydrogen-bond acceptors (Lipinski definition) is 6. The molecule has 1 unspecified atom stereocenters. The van der Waals surface area contributed by atoms with Crippen LogP contribution in [0.4, 0.5) is 4.39 Å². The van der Waals surface area contributed by atoms with Crippen molar-refractivity contribution < 1.29 is 8.91 Å². The van der Waals surface area contributed by atoms with Crippen LogP contribution in [0.3, 0.4) is 0 Å². The molecule has 1 aliphatic heterocycles. The van der Waals surface area contributed by atoms with E-state index in [0.717, 1.165) is 25.3 Å². The summed E-state index contributed by atoms with van der Waals surface area (Å²) < 4.78 is 21.0. The Morgan fingerprint density at radius 2 is 2.12 bits per heavy atom. The van der Waals surface area contributed by atoms with Gasteiger partial charge in [0.2, 0.25) is 0 Å². The lowest BCUT2D eigenvalue weighted by Crippen LogP contribution is -2.44. The zero-order chi connectivity index (χ0) is 17.4. The van der Waals surface area contributed by atoms with E-state index in [0.29, 0.717) is 23.0 Å². The first kappa shape index (κ1) is 18.5. The summed E-state index contributed by atoms with van der Waals surface area (Å²) in [6.45, 7) is 4.51. The number of piperazine rings is 1. The van der Waals surface area contributed by atoms with Crippen LogP contribution in [0.25, 0.3) is 17.1 Å². The number of hydrogen-bond donors (Lipinski definition) is 1. The molecule has 1 atom stereocenters. The molecule has 2 aromatic heterocycles. The van der Waals surface area contributed by atoms with Crippen molar-refractivity contribution in [3.8, 4) is 17.1 Å². The van der Waals surface area contributed by atoms with Crippen molar-refractivity contribution >= 4 is 12.4 Å². The van der Waals surface area contributed by atoms with E-state index in [1.807, 2.05) is 14.0 Å². The molecule has 7 nitrogen and oxygen atoms in total. The number of halogens is 2. The summed E-state index contributed by atoms with van der Waals surface area (Å²) >= 11 is 0. The average Bonchev–Trinajstić information content (AvgIpc) is 3.23. The minimum Gasteiger partial charge on any atom is -0.334 e. The van der Waals surface area contributed by atoms with E-state index < -0.39 is 0 Å². The van der Waals surface area contributed by atoms with E-state index in [9.17, 15) is 4.39 Å². The van der Waals surface area contributed by atoms with Gasteiger partial charge >= 0.3 is 0 Å². The number of likely N-dealkylation sites (N-methyl/N-ethyl adjacent to an activating group) is 1. The summed E-state index contributed by atoms with van der Waals surface area (Å²) in [7, 11) is 2.04. The molecule has 138 valence electrons. The Labute approximate surface area is 156 Å². The molecule has 0 amide bonds. The number of para-hydroxylation sites is 1. The van der Waals surface area contributed by atoms with Crippen LogP contribution >= 0.6 is 12.4 Å². The third-order valence-corrected chi connectivity index (χ3v) is 4.57. The van der Waals surface area contributed by atoms with Gasteiger partial charge < -0.3 is 9.84 Å². The second kappa shape index (κ2) is 7.53. The first-order valence-electron chi connectivity index (χ1n) is 8.19. The Kier molecular flexibility index (Phi) is 5.36. The van der Waals surface area contributed by atoms with Crippen LogP contribution in [0.1, 0.15) is 17.6 Å². The number of aromatic nitrogens is 4. The molecule has 0 spiro atoms. The van der Waals surface area contributed by atoms with Crippen molar-refractivity contribution in [2.24, 2.45) is 0 Å². The molecule has 1 aliphatic rings. The van der Waals surface area contributed by atoms with Gasteiger partial charge in [-0.3, -0.25) is 4.90 Å². The normalized spacial score (nSPS) is 17.9. The average molecular weight is 379 g/mol. The molecule has 1 fully saturated rings. The van der Waals surface area contributed by atoms with Crippen molar-refractivity contribution in [1.82, 2.24) is 30.1 Å². The Hall–Kier alpha value is -2.29. The maximum atomic E-state index is 14.0. The van der Waals surface area contributed by atoms with Crippen molar-refractivity contribution in [2.45, 2.75) is 13.0 Å². The Bertz CT molecular complexity index is 895. The van der Waals surface area contributed by atoms with Crippen LogP contribution < -0.4 is 5.32 Å². The minimum absolute atomic E-state index is 0. The Morgan fingerprint density at radius 3 is 2.88 bits per heavy atom. The quantitative estimate of drug-likeness (QED) is 0.754. The number of nitrogens with one attached hydrogen (secondary N) is 1. The highest BCUT2D eigenvalue weighted by atomic mass is 35.5. The summed E-state index contributed by atoms with van der Waals surface area (Å²) in [4.78, 5) is 6.73. The summed E-state index contributed by atoms with van der Waals surface area (Å²) in [5.41, 5.74) is 1.84. The first-order valence-corrected chi connectivity index (χ1v) is 8.19. The molecule has 0 radical (unpaired) electrons. The number of rotatable bonds is 3.